The Labute approximate surface area is 151 Å². The van der Waals surface area contributed by atoms with Crippen LogP contribution in [0.1, 0.15) is 12.5 Å². The number of halogens is 1. The van der Waals surface area contributed by atoms with Gasteiger partial charge >= 0.3 is 0 Å². The summed E-state index contributed by atoms with van der Waals surface area (Å²) in [5.74, 6) is 1.26. The number of rotatable bonds is 7. The van der Waals surface area contributed by atoms with Crippen molar-refractivity contribution >= 4 is 29.3 Å². The van der Waals surface area contributed by atoms with Crippen LogP contribution in [0.2, 0.25) is 5.02 Å². The minimum absolute atomic E-state index is 0.0466. The fraction of sp³-hybridized carbons (Fsp3) is 0.278. The van der Waals surface area contributed by atoms with Gasteiger partial charge in [-0.05, 0) is 36.8 Å². The van der Waals surface area contributed by atoms with Crippen molar-refractivity contribution in [1.82, 2.24) is 5.32 Å². The monoisotopic (exact) mass is 365 g/mol. The smallest absolute Gasteiger partial charge is 0.233 e. The molecule has 1 amide bonds. The van der Waals surface area contributed by atoms with Crippen molar-refractivity contribution in [3.8, 4) is 11.5 Å². The molecule has 0 spiro atoms. The maximum atomic E-state index is 12.3. The number of amides is 1. The fourth-order valence-electron chi connectivity index (χ4n) is 2.12. The minimum atomic E-state index is -0.245. The highest BCUT2D eigenvalue weighted by Gasteiger charge is 2.15. The molecule has 0 heterocycles. The Morgan fingerprint density at radius 3 is 2.54 bits per heavy atom. The fourth-order valence-corrected chi connectivity index (χ4v) is 3.24. The molecule has 4 nitrogen and oxygen atoms in total. The number of ether oxygens (including phenoxy) is 2. The van der Waals surface area contributed by atoms with E-state index in [0.29, 0.717) is 23.1 Å². The molecular weight excluding hydrogens is 346 g/mol. The second kappa shape index (κ2) is 8.85. The van der Waals surface area contributed by atoms with Crippen molar-refractivity contribution < 1.29 is 14.3 Å². The molecule has 0 saturated carbocycles. The number of hydrogen-bond acceptors (Lipinski definition) is 4. The Bertz CT molecular complexity index is 708. The van der Waals surface area contributed by atoms with Crippen molar-refractivity contribution in [2.75, 3.05) is 14.2 Å². The molecular formula is C18H20ClNO3S. The largest absolute Gasteiger partial charge is 0.493 e. The van der Waals surface area contributed by atoms with Gasteiger partial charge in [0, 0.05) is 16.5 Å². The molecule has 0 aliphatic rings. The van der Waals surface area contributed by atoms with Gasteiger partial charge in [0.15, 0.2) is 11.5 Å². The maximum Gasteiger partial charge on any atom is 0.233 e. The summed E-state index contributed by atoms with van der Waals surface area (Å²) < 4.78 is 10.5. The zero-order valence-electron chi connectivity index (χ0n) is 13.8. The third-order valence-electron chi connectivity index (χ3n) is 3.45. The average molecular weight is 366 g/mol. The Morgan fingerprint density at radius 1 is 1.17 bits per heavy atom. The molecule has 1 unspecified atom stereocenters. The van der Waals surface area contributed by atoms with Crippen LogP contribution in [0.4, 0.5) is 0 Å². The van der Waals surface area contributed by atoms with Gasteiger partial charge in [-0.25, -0.2) is 0 Å². The highest BCUT2D eigenvalue weighted by molar-refractivity contribution is 8.00. The average Bonchev–Trinajstić information content (AvgIpc) is 2.60. The molecule has 0 saturated heterocycles. The van der Waals surface area contributed by atoms with Gasteiger partial charge in [-0.1, -0.05) is 29.8 Å². The third-order valence-corrected chi connectivity index (χ3v) is 4.91. The predicted molar refractivity (Wildman–Crippen MR) is 98.2 cm³/mol. The lowest BCUT2D eigenvalue weighted by Gasteiger charge is -2.14. The number of thioether (sulfide) groups is 1. The molecule has 2 rings (SSSR count). The first-order chi connectivity index (χ1) is 11.5. The number of nitrogens with one attached hydrogen (secondary N) is 1. The first-order valence-corrected chi connectivity index (χ1v) is 8.70. The van der Waals surface area contributed by atoms with E-state index >= 15 is 0 Å². The SMILES string of the molecule is COc1ccc(SC(C)C(=O)NCc2ccccc2Cl)cc1OC. The first-order valence-electron chi connectivity index (χ1n) is 7.45. The zero-order valence-corrected chi connectivity index (χ0v) is 15.4. The summed E-state index contributed by atoms with van der Waals surface area (Å²) in [6, 6.07) is 13.1. The van der Waals surface area contributed by atoms with E-state index in [2.05, 4.69) is 5.32 Å². The van der Waals surface area contributed by atoms with E-state index in [1.54, 1.807) is 14.2 Å². The molecule has 0 aliphatic carbocycles. The number of benzene rings is 2. The number of hydrogen-bond donors (Lipinski definition) is 1. The van der Waals surface area contributed by atoms with Gasteiger partial charge < -0.3 is 14.8 Å². The van der Waals surface area contributed by atoms with Crippen molar-refractivity contribution in [1.29, 1.82) is 0 Å². The predicted octanol–water partition coefficient (Wildman–Crippen LogP) is 4.15. The molecule has 0 aromatic heterocycles. The standard InChI is InChI=1S/C18H20ClNO3S/c1-12(18(21)20-11-13-6-4-5-7-15(13)19)24-14-8-9-16(22-2)17(10-14)23-3/h4-10,12H,11H2,1-3H3,(H,20,21). The quantitative estimate of drug-likeness (QED) is 0.748. The summed E-state index contributed by atoms with van der Waals surface area (Å²) in [6.45, 7) is 2.28. The molecule has 24 heavy (non-hydrogen) atoms. The summed E-state index contributed by atoms with van der Waals surface area (Å²) in [5.41, 5.74) is 0.899. The van der Waals surface area contributed by atoms with Crippen LogP contribution in [-0.2, 0) is 11.3 Å². The summed E-state index contributed by atoms with van der Waals surface area (Å²) in [6.07, 6.45) is 0. The second-order valence-corrected chi connectivity index (χ2v) is 6.91. The van der Waals surface area contributed by atoms with E-state index < -0.39 is 0 Å². The molecule has 2 aromatic carbocycles. The summed E-state index contributed by atoms with van der Waals surface area (Å²) in [4.78, 5) is 13.2. The highest BCUT2D eigenvalue weighted by atomic mass is 35.5. The van der Waals surface area contributed by atoms with Gasteiger partial charge in [0.2, 0.25) is 5.91 Å². The van der Waals surface area contributed by atoms with Gasteiger partial charge in [0.25, 0.3) is 0 Å². The van der Waals surface area contributed by atoms with Crippen LogP contribution in [-0.4, -0.2) is 25.4 Å². The Balaban J connectivity index is 1.95. The van der Waals surface area contributed by atoms with E-state index in [1.165, 1.54) is 11.8 Å². The van der Waals surface area contributed by atoms with Crippen molar-refractivity contribution in [2.24, 2.45) is 0 Å². The lowest BCUT2D eigenvalue weighted by Crippen LogP contribution is -2.30. The molecule has 1 atom stereocenters. The first kappa shape index (κ1) is 18.5. The molecule has 1 N–H and O–H groups in total. The number of methoxy groups -OCH3 is 2. The van der Waals surface area contributed by atoms with Gasteiger partial charge in [-0.2, -0.15) is 0 Å². The Morgan fingerprint density at radius 2 is 1.88 bits per heavy atom. The zero-order chi connectivity index (χ0) is 17.5. The van der Waals surface area contributed by atoms with E-state index in [0.717, 1.165) is 10.5 Å². The topological polar surface area (TPSA) is 47.6 Å². The van der Waals surface area contributed by atoms with Crippen molar-refractivity contribution in [3.63, 3.8) is 0 Å². The van der Waals surface area contributed by atoms with Crippen molar-refractivity contribution in [2.45, 2.75) is 23.6 Å². The molecule has 0 radical (unpaired) electrons. The van der Waals surface area contributed by atoms with E-state index in [-0.39, 0.29) is 11.2 Å². The van der Waals surface area contributed by atoms with E-state index in [1.807, 2.05) is 49.4 Å². The molecule has 0 bridgehead atoms. The van der Waals surface area contributed by atoms with Crippen LogP contribution in [0.5, 0.6) is 11.5 Å². The van der Waals surface area contributed by atoms with Gasteiger partial charge in [-0.3, -0.25) is 4.79 Å². The second-order valence-electron chi connectivity index (χ2n) is 5.09. The van der Waals surface area contributed by atoms with Crippen molar-refractivity contribution in [3.05, 3.63) is 53.1 Å². The van der Waals surface area contributed by atoms with Gasteiger partial charge in [0.05, 0.1) is 19.5 Å². The van der Waals surface area contributed by atoms with Crippen LogP contribution in [0.3, 0.4) is 0 Å². The Hall–Kier alpha value is -1.85. The number of carbonyl (C=O) groups is 1. The van der Waals surface area contributed by atoms with E-state index in [9.17, 15) is 4.79 Å². The van der Waals surface area contributed by atoms with Crippen LogP contribution >= 0.6 is 23.4 Å². The Kier molecular flexibility index (Phi) is 6.82. The minimum Gasteiger partial charge on any atom is -0.493 e. The summed E-state index contributed by atoms with van der Waals surface area (Å²) in [7, 11) is 3.18. The van der Waals surface area contributed by atoms with Crippen LogP contribution in [0.25, 0.3) is 0 Å². The van der Waals surface area contributed by atoms with Crippen LogP contribution in [0.15, 0.2) is 47.4 Å². The van der Waals surface area contributed by atoms with Gasteiger partial charge in [-0.15, -0.1) is 11.8 Å². The lowest BCUT2D eigenvalue weighted by atomic mass is 10.2. The maximum absolute atomic E-state index is 12.3. The van der Waals surface area contributed by atoms with E-state index in [4.69, 9.17) is 21.1 Å². The summed E-state index contributed by atoms with van der Waals surface area (Å²) >= 11 is 7.56. The summed E-state index contributed by atoms with van der Waals surface area (Å²) in [5, 5.41) is 3.32. The number of carbonyl (C=O) groups excluding carboxylic acids is 1. The van der Waals surface area contributed by atoms with Crippen LogP contribution < -0.4 is 14.8 Å². The molecule has 2 aromatic rings. The van der Waals surface area contributed by atoms with Crippen LogP contribution in [0, 0.1) is 0 Å². The normalized spacial score (nSPS) is 11.7. The highest BCUT2D eigenvalue weighted by Crippen LogP contribution is 2.33. The molecule has 6 heteroatoms. The molecule has 0 fully saturated rings. The lowest BCUT2D eigenvalue weighted by molar-refractivity contribution is -0.120. The van der Waals surface area contributed by atoms with Gasteiger partial charge in [0.1, 0.15) is 0 Å². The third kappa shape index (κ3) is 4.82. The molecule has 128 valence electrons. The molecule has 0 aliphatic heterocycles.